The van der Waals surface area contributed by atoms with Crippen molar-refractivity contribution in [1.29, 1.82) is 0 Å². The van der Waals surface area contributed by atoms with Crippen LogP contribution in [0.15, 0.2) is 12.4 Å². The van der Waals surface area contributed by atoms with Crippen LogP contribution >= 0.6 is 16.1 Å². The van der Waals surface area contributed by atoms with Crippen molar-refractivity contribution in [2.24, 2.45) is 0 Å². The lowest BCUT2D eigenvalue weighted by Gasteiger charge is -1.96. The van der Waals surface area contributed by atoms with Gasteiger partial charge in [0.1, 0.15) is 0 Å². The van der Waals surface area contributed by atoms with Crippen LogP contribution in [0.5, 0.6) is 0 Å². The van der Waals surface area contributed by atoms with Gasteiger partial charge < -0.3 is 0 Å². The quantitative estimate of drug-likeness (QED) is 0.508. The summed E-state index contributed by atoms with van der Waals surface area (Å²) in [6, 6.07) is 0. The molecule has 0 saturated heterocycles. The summed E-state index contributed by atoms with van der Waals surface area (Å²) < 4.78 is 2.07. The van der Waals surface area contributed by atoms with E-state index in [1.54, 1.807) is 0 Å². The first-order chi connectivity index (χ1) is 4.83. The number of hydrogen-bond donors (Lipinski definition) is 1. The number of amides is 1. The maximum atomic E-state index is 10.4. The standard InChI is InChI=1S/C3H3BrN4O2/c4-6-3(9)10-8-2-1-5-7-8/h1-2H,(H,6,9). The third-order valence-electron chi connectivity index (χ3n) is 0.654. The molecule has 0 aliphatic carbocycles. The highest BCUT2D eigenvalue weighted by Gasteiger charge is 1.99. The number of carbonyl (C=O) groups excluding carboxylic acids is 1. The summed E-state index contributed by atoms with van der Waals surface area (Å²) in [5, 5.41) is 6.77. The van der Waals surface area contributed by atoms with Gasteiger partial charge in [0, 0.05) is 0 Å². The van der Waals surface area contributed by atoms with Gasteiger partial charge in [-0.3, -0.25) is 9.18 Å². The predicted molar refractivity (Wildman–Crippen MR) is 34.1 cm³/mol. The van der Waals surface area contributed by atoms with Crippen LogP contribution in [0.3, 0.4) is 0 Å². The van der Waals surface area contributed by atoms with E-state index in [-0.39, 0.29) is 0 Å². The zero-order valence-corrected chi connectivity index (χ0v) is 6.28. The smallest absolute Gasteiger partial charge is 0.297 e. The number of halogens is 1. The monoisotopic (exact) mass is 206 g/mol. The number of rotatable bonds is 1. The number of carbonyl (C=O) groups is 1. The van der Waals surface area contributed by atoms with E-state index >= 15 is 0 Å². The predicted octanol–water partition coefficient (Wildman–Crippen LogP) is -0.274. The van der Waals surface area contributed by atoms with Gasteiger partial charge in [-0.15, -0.1) is 5.10 Å². The molecule has 0 aromatic carbocycles. The van der Waals surface area contributed by atoms with Gasteiger partial charge in [0.25, 0.3) is 0 Å². The van der Waals surface area contributed by atoms with Gasteiger partial charge in [-0.25, -0.2) is 4.79 Å². The Bertz CT molecular complexity index is 210. The van der Waals surface area contributed by atoms with Crippen LogP contribution in [0.2, 0.25) is 0 Å². The topological polar surface area (TPSA) is 69.0 Å². The Morgan fingerprint density at radius 1 is 1.80 bits per heavy atom. The van der Waals surface area contributed by atoms with E-state index in [0.29, 0.717) is 0 Å². The minimum absolute atomic E-state index is 0.662. The fraction of sp³-hybridized carbons (Fsp3) is 0. The van der Waals surface area contributed by atoms with E-state index in [9.17, 15) is 4.79 Å². The minimum atomic E-state index is -0.662. The Hall–Kier alpha value is -1.11. The van der Waals surface area contributed by atoms with Crippen molar-refractivity contribution >= 4 is 22.2 Å². The summed E-state index contributed by atoms with van der Waals surface area (Å²) in [6.07, 6.45) is 2.12. The zero-order chi connectivity index (χ0) is 7.40. The molecule has 1 amide bonds. The van der Waals surface area contributed by atoms with E-state index < -0.39 is 6.09 Å². The fourth-order valence-electron chi connectivity index (χ4n) is 0.348. The molecule has 0 aliphatic rings. The highest BCUT2D eigenvalue weighted by Crippen LogP contribution is 1.77. The van der Waals surface area contributed by atoms with Gasteiger partial charge in [-0.05, 0) is 5.21 Å². The summed E-state index contributed by atoms with van der Waals surface area (Å²) in [7, 11) is 0. The molecule has 0 aliphatic heterocycles. The second-order valence-corrected chi connectivity index (χ2v) is 1.68. The first kappa shape index (κ1) is 7.00. The zero-order valence-electron chi connectivity index (χ0n) is 4.69. The van der Waals surface area contributed by atoms with Crippen molar-refractivity contribution in [2.45, 2.75) is 0 Å². The Labute approximate surface area is 64.4 Å². The van der Waals surface area contributed by atoms with Crippen LogP contribution < -0.4 is 9.18 Å². The number of hydrogen-bond acceptors (Lipinski definition) is 4. The number of nitrogens with zero attached hydrogens (tertiary/aromatic N) is 3. The first-order valence-corrected chi connectivity index (χ1v) is 3.07. The molecule has 1 aromatic rings. The van der Waals surface area contributed by atoms with Gasteiger partial charge >= 0.3 is 6.09 Å². The van der Waals surface area contributed by atoms with Crippen molar-refractivity contribution in [1.82, 2.24) is 19.5 Å². The van der Waals surface area contributed by atoms with E-state index in [4.69, 9.17) is 0 Å². The largest absolute Gasteiger partial charge is 0.443 e. The van der Waals surface area contributed by atoms with Crippen LogP contribution in [0.1, 0.15) is 0 Å². The maximum Gasteiger partial charge on any atom is 0.443 e. The molecule has 0 unspecified atom stereocenters. The van der Waals surface area contributed by atoms with Crippen molar-refractivity contribution in [3.8, 4) is 0 Å². The molecule has 0 spiro atoms. The van der Waals surface area contributed by atoms with Crippen LogP contribution in [0.4, 0.5) is 4.79 Å². The molecular weight excluding hydrogens is 204 g/mol. The Morgan fingerprint density at radius 3 is 3.10 bits per heavy atom. The van der Waals surface area contributed by atoms with Crippen molar-refractivity contribution in [3.05, 3.63) is 12.4 Å². The number of nitrogens with one attached hydrogen (secondary N) is 1. The first-order valence-electron chi connectivity index (χ1n) is 2.28. The van der Waals surface area contributed by atoms with Crippen LogP contribution in [0, 0.1) is 0 Å². The molecule has 0 saturated carbocycles. The number of aromatic nitrogens is 3. The average Bonchev–Trinajstić information content (AvgIpc) is 2.40. The normalized spacial score (nSPS) is 8.90. The summed E-state index contributed by atoms with van der Waals surface area (Å²) >= 11 is 2.67. The summed E-state index contributed by atoms with van der Waals surface area (Å²) in [6.45, 7) is 0. The molecule has 0 radical (unpaired) electrons. The lowest BCUT2D eigenvalue weighted by molar-refractivity contribution is 0.120. The molecular formula is C3H3BrN4O2. The molecule has 6 nitrogen and oxygen atoms in total. The Kier molecular flexibility index (Phi) is 2.21. The molecule has 7 heteroatoms. The van der Waals surface area contributed by atoms with E-state index in [2.05, 4.69) is 35.6 Å². The van der Waals surface area contributed by atoms with E-state index in [1.165, 1.54) is 12.4 Å². The minimum Gasteiger partial charge on any atom is -0.297 e. The molecule has 0 fully saturated rings. The third-order valence-corrected chi connectivity index (χ3v) is 0.978. The van der Waals surface area contributed by atoms with E-state index in [0.717, 1.165) is 4.85 Å². The van der Waals surface area contributed by atoms with Crippen LogP contribution in [0.25, 0.3) is 0 Å². The van der Waals surface area contributed by atoms with Crippen LogP contribution in [-0.2, 0) is 0 Å². The van der Waals surface area contributed by atoms with Gasteiger partial charge in [0.2, 0.25) is 0 Å². The van der Waals surface area contributed by atoms with Crippen molar-refractivity contribution in [3.63, 3.8) is 0 Å². The van der Waals surface area contributed by atoms with Gasteiger partial charge in [0.15, 0.2) is 0 Å². The highest BCUT2D eigenvalue weighted by atomic mass is 79.9. The van der Waals surface area contributed by atoms with E-state index in [1.807, 2.05) is 0 Å². The molecule has 1 heterocycles. The maximum absolute atomic E-state index is 10.4. The molecule has 1 rings (SSSR count). The van der Waals surface area contributed by atoms with Gasteiger partial charge in [-0.1, -0.05) is 4.85 Å². The fourth-order valence-corrected chi connectivity index (χ4v) is 0.421. The molecule has 0 atom stereocenters. The Morgan fingerprint density at radius 2 is 2.60 bits per heavy atom. The highest BCUT2D eigenvalue weighted by molar-refractivity contribution is 9.08. The molecule has 1 N–H and O–H groups in total. The summed E-state index contributed by atoms with van der Waals surface area (Å²) in [5.74, 6) is 0. The molecule has 10 heavy (non-hydrogen) atoms. The van der Waals surface area contributed by atoms with Crippen LogP contribution in [-0.4, -0.2) is 21.3 Å². The summed E-state index contributed by atoms with van der Waals surface area (Å²) in [5.41, 5.74) is 0. The SMILES string of the molecule is O=C(NBr)On1ccnn1. The third kappa shape index (κ3) is 1.69. The second-order valence-electron chi connectivity index (χ2n) is 1.28. The second kappa shape index (κ2) is 3.16. The van der Waals surface area contributed by atoms with Gasteiger partial charge in [-0.2, -0.15) is 0 Å². The average molecular weight is 207 g/mol. The Balaban J connectivity index is 2.48. The summed E-state index contributed by atoms with van der Waals surface area (Å²) in [4.78, 5) is 15.8. The molecule has 54 valence electrons. The van der Waals surface area contributed by atoms with Crippen molar-refractivity contribution < 1.29 is 9.63 Å². The van der Waals surface area contributed by atoms with Crippen molar-refractivity contribution in [2.75, 3.05) is 0 Å². The molecule has 0 bridgehead atoms. The lowest BCUT2D eigenvalue weighted by atomic mass is 11.0. The lowest BCUT2D eigenvalue weighted by Crippen LogP contribution is -2.25. The molecule has 1 aromatic heterocycles. The van der Waals surface area contributed by atoms with Gasteiger partial charge in [0.05, 0.1) is 28.5 Å².